The zero-order valence-electron chi connectivity index (χ0n) is 12.4. The molecule has 1 heterocycles. The second-order valence-electron chi connectivity index (χ2n) is 5.52. The molecule has 0 aliphatic heterocycles. The Morgan fingerprint density at radius 3 is 2.35 bits per heavy atom. The largest absolute Gasteiger partial charge is 0.396 e. The number of aliphatic hydroxyl groups excluding tert-OH is 2. The van der Waals surface area contributed by atoms with Gasteiger partial charge < -0.3 is 15.1 Å². The maximum absolute atomic E-state index is 12.2. The van der Waals surface area contributed by atoms with Crippen LogP contribution in [0.4, 0.5) is 0 Å². The lowest BCUT2D eigenvalue weighted by Crippen LogP contribution is -2.42. The van der Waals surface area contributed by atoms with Crippen LogP contribution in [-0.4, -0.2) is 57.6 Å². The van der Waals surface area contributed by atoms with Crippen molar-refractivity contribution in [1.82, 2.24) is 14.7 Å². The van der Waals surface area contributed by atoms with Crippen molar-refractivity contribution in [3.8, 4) is 0 Å². The number of rotatable bonds is 6. The van der Waals surface area contributed by atoms with E-state index in [0.29, 0.717) is 10.7 Å². The van der Waals surface area contributed by atoms with E-state index in [-0.39, 0.29) is 32.2 Å². The van der Waals surface area contributed by atoms with E-state index < -0.39 is 5.41 Å². The lowest BCUT2D eigenvalue weighted by molar-refractivity contribution is -0.133. The molecule has 2 N–H and O–H groups in total. The van der Waals surface area contributed by atoms with E-state index in [9.17, 15) is 15.0 Å². The summed E-state index contributed by atoms with van der Waals surface area (Å²) < 4.78 is 1.56. The van der Waals surface area contributed by atoms with Crippen LogP contribution in [0.1, 0.15) is 18.3 Å². The number of amides is 1. The first-order chi connectivity index (χ1) is 9.24. The van der Waals surface area contributed by atoms with E-state index in [0.717, 1.165) is 5.69 Å². The van der Waals surface area contributed by atoms with E-state index in [4.69, 9.17) is 11.6 Å². The topological polar surface area (TPSA) is 78.6 Å². The van der Waals surface area contributed by atoms with Crippen LogP contribution in [0.3, 0.4) is 0 Å². The van der Waals surface area contributed by atoms with E-state index in [2.05, 4.69) is 5.10 Å². The molecule has 0 aromatic carbocycles. The molecule has 0 radical (unpaired) electrons. The van der Waals surface area contributed by atoms with Crippen molar-refractivity contribution in [3.63, 3.8) is 0 Å². The summed E-state index contributed by atoms with van der Waals surface area (Å²) in [6.07, 6.45) is 0. The molecular formula is C13H22ClN3O3. The van der Waals surface area contributed by atoms with Crippen molar-refractivity contribution < 1.29 is 15.0 Å². The van der Waals surface area contributed by atoms with Gasteiger partial charge in [-0.05, 0) is 13.8 Å². The summed E-state index contributed by atoms with van der Waals surface area (Å²) in [4.78, 5) is 13.6. The third-order valence-corrected chi connectivity index (χ3v) is 3.93. The Hall–Kier alpha value is -1.11. The second-order valence-corrected chi connectivity index (χ2v) is 5.90. The lowest BCUT2D eigenvalue weighted by atomic mass is 9.92. The third-order valence-electron chi connectivity index (χ3n) is 3.39. The Morgan fingerprint density at radius 2 is 1.95 bits per heavy atom. The average Bonchev–Trinajstić information content (AvgIpc) is 2.66. The molecule has 0 bridgehead atoms. The summed E-state index contributed by atoms with van der Waals surface area (Å²) in [5, 5.41) is 23.3. The Labute approximate surface area is 124 Å². The minimum Gasteiger partial charge on any atom is -0.396 e. The van der Waals surface area contributed by atoms with Crippen LogP contribution in [0.15, 0.2) is 0 Å². The summed E-state index contributed by atoms with van der Waals surface area (Å²) in [5.41, 5.74) is 0.727. The predicted octanol–water partition coefficient (Wildman–Crippen LogP) is 0.603. The van der Waals surface area contributed by atoms with Gasteiger partial charge in [0.05, 0.1) is 29.6 Å². The van der Waals surface area contributed by atoms with Crippen molar-refractivity contribution in [1.29, 1.82) is 0 Å². The van der Waals surface area contributed by atoms with Crippen LogP contribution in [0.5, 0.6) is 0 Å². The number of carbonyl (C=O) groups is 1. The normalized spacial score (nSPS) is 11.8. The zero-order valence-corrected chi connectivity index (χ0v) is 13.1. The number of aliphatic hydroxyl groups is 2. The number of halogens is 1. The molecule has 0 saturated carbocycles. The quantitative estimate of drug-likeness (QED) is 0.807. The molecule has 0 aliphatic carbocycles. The molecule has 0 spiro atoms. The molecule has 1 amide bonds. The van der Waals surface area contributed by atoms with Gasteiger partial charge >= 0.3 is 0 Å². The molecule has 0 saturated heterocycles. The van der Waals surface area contributed by atoms with E-state index in [1.807, 2.05) is 0 Å². The van der Waals surface area contributed by atoms with Crippen molar-refractivity contribution in [2.24, 2.45) is 5.41 Å². The average molecular weight is 304 g/mol. The molecule has 0 aliphatic rings. The standard InChI is InChI=1S/C13H22ClN3O3/c1-9-12(14)10(2)17(15-9)5-11(20)16(4)6-13(3,7-18)8-19/h18-19H,5-8H2,1-4H3. The van der Waals surface area contributed by atoms with Gasteiger partial charge in [-0.25, -0.2) is 0 Å². The van der Waals surface area contributed by atoms with Crippen LogP contribution in [0.2, 0.25) is 5.02 Å². The molecular weight excluding hydrogens is 282 g/mol. The second kappa shape index (κ2) is 6.56. The van der Waals surface area contributed by atoms with E-state index >= 15 is 0 Å². The number of aromatic nitrogens is 2. The monoisotopic (exact) mass is 303 g/mol. The number of nitrogens with zero attached hydrogens (tertiary/aromatic N) is 3. The van der Waals surface area contributed by atoms with E-state index in [1.54, 1.807) is 32.5 Å². The SMILES string of the molecule is Cc1nn(CC(=O)N(C)CC(C)(CO)CO)c(C)c1Cl. The molecule has 7 heteroatoms. The van der Waals surface area contributed by atoms with Gasteiger partial charge in [0, 0.05) is 19.0 Å². The highest BCUT2D eigenvalue weighted by molar-refractivity contribution is 6.31. The molecule has 1 aromatic rings. The molecule has 114 valence electrons. The van der Waals surface area contributed by atoms with Crippen molar-refractivity contribution >= 4 is 17.5 Å². The summed E-state index contributed by atoms with van der Waals surface area (Å²) in [6, 6.07) is 0. The molecule has 1 aromatic heterocycles. The first-order valence-corrected chi connectivity index (χ1v) is 6.77. The van der Waals surface area contributed by atoms with Gasteiger partial charge in [-0.1, -0.05) is 18.5 Å². The Kier molecular flexibility index (Phi) is 5.56. The molecule has 0 unspecified atom stereocenters. The van der Waals surface area contributed by atoms with Gasteiger partial charge in [0.2, 0.25) is 5.91 Å². The fraction of sp³-hybridized carbons (Fsp3) is 0.692. The first kappa shape index (κ1) is 16.9. The summed E-state index contributed by atoms with van der Waals surface area (Å²) >= 11 is 6.04. The summed E-state index contributed by atoms with van der Waals surface area (Å²) in [6.45, 7) is 5.29. The molecule has 20 heavy (non-hydrogen) atoms. The minimum absolute atomic E-state index is 0.0861. The van der Waals surface area contributed by atoms with Crippen LogP contribution in [0, 0.1) is 19.3 Å². The number of likely N-dealkylation sites (N-methyl/N-ethyl adjacent to an activating group) is 1. The fourth-order valence-corrected chi connectivity index (χ4v) is 2.02. The summed E-state index contributed by atoms with van der Waals surface area (Å²) in [5.74, 6) is -0.152. The highest BCUT2D eigenvalue weighted by Crippen LogP contribution is 2.19. The van der Waals surface area contributed by atoms with Crippen molar-refractivity contribution in [3.05, 3.63) is 16.4 Å². The smallest absolute Gasteiger partial charge is 0.244 e. The third kappa shape index (κ3) is 3.71. The highest BCUT2D eigenvalue weighted by atomic mass is 35.5. The Bertz CT molecular complexity index is 483. The van der Waals surface area contributed by atoms with Crippen LogP contribution < -0.4 is 0 Å². The van der Waals surface area contributed by atoms with Gasteiger partial charge in [-0.3, -0.25) is 9.48 Å². The molecule has 0 fully saturated rings. The van der Waals surface area contributed by atoms with Gasteiger partial charge in [-0.15, -0.1) is 0 Å². The Morgan fingerprint density at radius 1 is 1.40 bits per heavy atom. The minimum atomic E-state index is -0.711. The highest BCUT2D eigenvalue weighted by Gasteiger charge is 2.26. The van der Waals surface area contributed by atoms with Gasteiger partial charge in [0.25, 0.3) is 0 Å². The van der Waals surface area contributed by atoms with Gasteiger partial charge in [0.15, 0.2) is 0 Å². The van der Waals surface area contributed by atoms with Crippen LogP contribution in [-0.2, 0) is 11.3 Å². The summed E-state index contributed by atoms with van der Waals surface area (Å²) in [7, 11) is 1.64. The van der Waals surface area contributed by atoms with Gasteiger partial charge in [-0.2, -0.15) is 5.10 Å². The Balaban J connectivity index is 2.73. The number of aryl methyl sites for hydroxylation is 1. The van der Waals surface area contributed by atoms with E-state index in [1.165, 1.54) is 4.90 Å². The number of hydrogen-bond acceptors (Lipinski definition) is 4. The van der Waals surface area contributed by atoms with Crippen LogP contribution >= 0.6 is 11.6 Å². The molecule has 1 rings (SSSR count). The predicted molar refractivity (Wildman–Crippen MR) is 76.6 cm³/mol. The number of hydrogen-bond donors (Lipinski definition) is 2. The maximum atomic E-state index is 12.2. The van der Waals surface area contributed by atoms with Crippen LogP contribution in [0.25, 0.3) is 0 Å². The number of carbonyl (C=O) groups excluding carboxylic acids is 1. The molecule has 0 atom stereocenters. The lowest BCUT2D eigenvalue weighted by Gasteiger charge is -2.30. The zero-order chi connectivity index (χ0) is 15.5. The maximum Gasteiger partial charge on any atom is 0.244 e. The molecule has 6 nitrogen and oxygen atoms in total. The van der Waals surface area contributed by atoms with Crippen molar-refractivity contribution in [2.75, 3.05) is 26.8 Å². The first-order valence-electron chi connectivity index (χ1n) is 6.39. The van der Waals surface area contributed by atoms with Gasteiger partial charge in [0.1, 0.15) is 6.54 Å². The van der Waals surface area contributed by atoms with Crippen molar-refractivity contribution in [2.45, 2.75) is 27.3 Å². The fourth-order valence-electron chi connectivity index (χ4n) is 1.89.